The lowest BCUT2D eigenvalue weighted by Crippen LogP contribution is -2.12. The number of carbonyl (C=O) groups is 2. The van der Waals surface area contributed by atoms with Crippen LogP contribution in [0.25, 0.3) is 0 Å². The molecule has 5 heteroatoms. The molecule has 2 aromatic carbocycles. The summed E-state index contributed by atoms with van der Waals surface area (Å²) in [5.74, 6) is -1.18. The second kappa shape index (κ2) is 8.58. The molecule has 0 aliphatic carbocycles. The van der Waals surface area contributed by atoms with Gasteiger partial charge in [-0.05, 0) is 23.3 Å². The van der Waals surface area contributed by atoms with Gasteiger partial charge in [-0.3, -0.25) is 0 Å². The van der Waals surface area contributed by atoms with Crippen LogP contribution in [0.15, 0.2) is 78.9 Å². The lowest BCUT2D eigenvalue weighted by molar-refractivity contribution is 0.0456. The number of nitrogens with zero attached hydrogens (tertiary/aromatic N) is 1. The highest BCUT2D eigenvalue weighted by Gasteiger charge is 2.14. The molecule has 1 heterocycles. The second-order valence-electron chi connectivity index (χ2n) is 5.53. The Morgan fingerprint density at radius 1 is 0.615 bits per heavy atom. The number of esters is 2. The van der Waals surface area contributed by atoms with Crippen LogP contribution in [0.2, 0.25) is 0 Å². The molecule has 3 aromatic rings. The maximum atomic E-state index is 12.1. The number of aromatic nitrogens is 1. The van der Waals surface area contributed by atoms with Gasteiger partial charge in [-0.1, -0.05) is 66.7 Å². The number of hydrogen-bond donors (Lipinski definition) is 0. The standard InChI is InChI=1S/C21H17NO4/c23-20(25-14-16-8-3-1-4-9-16)18-12-7-13-19(22-18)21(24)26-15-17-10-5-2-6-11-17/h1-13H,14-15H2. The van der Waals surface area contributed by atoms with Crippen LogP contribution in [0.1, 0.15) is 32.1 Å². The molecule has 130 valence electrons. The number of pyridine rings is 1. The number of ether oxygens (including phenoxy) is 2. The first-order valence-corrected chi connectivity index (χ1v) is 8.11. The molecule has 0 aliphatic heterocycles. The highest BCUT2D eigenvalue weighted by Crippen LogP contribution is 2.08. The number of carbonyl (C=O) groups excluding carboxylic acids is 2. The first-order chi connectivity index (χ1) is 12.7. The fraction of sp³-hybridized carbons (Fsp3) is 0.0952. The van der Waals surface area contributed by atoms with E-state index in [4.69, 9.17) is 9.47 Å². The van der Waals surface area contributed by atoms with Crippen molar-refractivity contribution in [1.82, 2.24) is 4.98 Å². The summed E-state index contributed by atoms with van der Waals surface area (Å²) in [6, 6.07) is 23.3. The molecule has 0 atom stereocenters. The minimum absolute atomic E-state index is 0.0649. The third-order valence-electron chi connectivity index (χ3n) is 3.59. The molecule has 1 aromatic heterocycles. The molecular weight excluding hydrogens is 330 g/mol. The Hall–Kier alpha value is -3.47. The Morgan fingerprint density at radius 3 is 1.46 bits per heavy atom. The maximum Gasteiger partial charge on any atom is 0.357 e. The van der Waals surface area contributed by atoms with Crippen molar-refractivity contribution < 1.29 is 19.1 Å². The summed E-state index contributed by atoms with van der Waals surface area (Å²) < 4.78 is 10.4. The van der Waals surface area contributed by atoms with Crippen molar-refractivity contribution in [2.45, 2.75) is 13.2 Å². The molecule has 0 aliphatic rings. The summed E-state index contributed by atoms with van der Waals surface area (Å²) >= 11 is 0. The molecule has 5 nitrogen and oxygen atoms in total. The SMILES string of the molecule is O=C(OCc1ccccc1)c1cccc(C(=O)OCc2ccccc2)n1. The van der Waals surface area contributed by atoms with Gasteiger partial charge < -0.3 is 9.47 Å². The number of benzene rings is 2. The van der Waals surface area contributed by atoms with Crippen LogP contribution in [0.3, 0.4) is 0 Å². The second-order valence-corrected chi connectivity index (χ2v) is 5.53. The highest BCUT2D eigenvalue weighted by atomic mass is 16.5. The average molecular weight is 347 g/mol. The van der Waals surface area contributed by atoms with E-state index in [0.717, 1.165) is 11.1 Å². The minimum atomic E-state index is -0.591. The summed E-state index contributed by atoms with van der Waals surface area (Å²) in [7, 11) is 0. The van der Waals surface area contributed by atoms with Crippen molar-refractivity contribution in [3.05, 3.63) is 101 Å². The molecule has 0 spiro atoms. The third-order valence-corrected chi connectivity index (χ3v) is 3.59. The molecule has 26 heavy (non-hydrogen) atoms. The zero-order valence-electron chi connectivity index (χ0n) is 14.0. The summed E-state index contributed by atoms with van der Waals surface area (Å²) in [6.45, 7) is 0.286. The topological polar surface area (TPSA) is 65.5 Å². The van der Waals surface area contributed by atoms with Crippen LogP contribution in [0.5, 0.6) is 0 Å². The van der Waals surface area contributed by atoms with Crippen LogP contribution in [-0.4, -0.2) is 16.9 Å². The summed E-state index contributed by atoms with van der Waals surface area (Å²) in [5, 5.41) is 0. The van der Waals surface area contributed by atoms with Gasteiger partial charge in [0.25, 0.3) is 0 Å². The molecule has 0 unspecified atom stereocenters. The predicted octanol–water partition coefficient (Wildman–Crippen LogP) is 3.80. The van der Waals surface area contributed by atoms with Crippen molar-refractivity contribution in [1.29, 1.82) is 0 Å². The average Bonchev–Trinajstić information content (AvgIpc) is 2.72. The van der Waals surface area contributed by atoms with E-state index in [0.29, 0.717) is 0 Å². The van der Waals surface area contributed by atoms with Crippen molar-refractivity contribution in [2.75, 3.05) is 0 Å². The molecule has 0 saturated carbocycles. The summed E-state index contributed by atoms with van der Waals surface area (Å²) in [6.07, 6.45) is 0. The van der Waals surface area contributed by atoms with Gasteiger partial charge in [0, 0.05) is 0 Å². The first-order valence-electron chi connectivity index (χ1n) is 8.11. The van der Waals surface area contributed by atoms with E-state index in [1.165, 1.54) is 12.1 Å². The molecule has 0 fully saturated rings. The minimum Gasteiger partial charge on any atom is -0.456 e. The number of rotatable bonds is 6. The van der Waals surface area contributed by atoms with Crippen LogP contribution < -0.4 is 0 Å². The summed E-state index contributed by atoms with van der Waals surface area (Å²) in [4.78, 5) is 28.3. The largest absolute Gasteiger partial charge is 0.456 e. The fourth-order valence-corrected chi connectivity index (χ4v) is 2.26. The van der Waals surface area contributed by atoms with Crippen molar-refractivity contribution in [2.24, 2.45) is 0 Å². The molecule has 0 radical (unpaired) electrons. The maximum absolute atomic E-state index is 12.1. The lowest BCUT2D eigenvalue weighted by Gasteiger charge is -2.07. The quantitative estimate of drug-likeness (QED) is 0.635. The molecule has 3 rings (SSSR count). The first kappa shape index (κ1) is 17.4. The third kappa shape index (κ3) is 4.77. The van der Waals surface area contributed by atoms with Gasteiger partial charge in [-0.25, -0.2) is 14.6 Å². The highest BCUT2D eigenvalue weighted by molar-refractivity contribution is 5.91. The fourth-order valence-electron chi connectivity index (χ4n) is 2.26. The van der Waals surface area contributed by atoms with Gasteiger partial charge in [-0.15, -0.1) is 0 Å². The van der Waals surface area contributed by atoms with Gasteiger partial charge in [0.2, 0.25) is 0 Å². The smallest absolute Gasteiger partial charge is 0.357 e. The van der Waals surface area contributed by atoms with Crippen LogP contribution in [0, 0.1) is 0 Å². The van der Waals surface area contributed by atoms with Crippen molar-refractivity contribution in [3.8, 4) is 0 Å². The van der Waals surface area contributed by atoms with Crippen molar-refractivity contribution in [3.63, 3.8) is 0 Å². The molecule has 0 N–H and O–H groups in total. The number of hydrogen-bond acceptors (Lipinski definition) is 5. The Labute approximate surface area is 151 Å². The monoisotopic (exact) mass is 347 g/mol. The van der Waals surface area contributed by atoms with Gasteiger partial charge in [0.15, 0.2) is 0 Å². The summed E-state index contributed by atoms with van der Waals surface area (Å²) in [5.41, 5.74) is 1.88. The Bertz CT molecular complexity index is 808. The Morgan fingerprint density at radius 2 is 1.04 bits per heavy atom. The Balaban J connectivity index is 1.60. The van der Waals surface area contributed by atoms with Crippen LogP contribution in [0.4, 0.5) is 0 Å². The Kier molecular flexibility index (Phi) is 5.72. The van der Waals surface area contributed by atoms with E-state index in [2.05, 4.69) is 4.98 Å². The van der Waals surface area contributed by atoms with E-state index in [1.807, 2.05) is 60.7 Å². The van der Waals surface area contributed by atoms with Gasteiger partial charge in [0.05, 0.1) is 0 Å². The molecule has 0 saturated heterocycles. The molecular formula is C21H17NO4. The van der Waals surface area contributed by atoms with Crippen molar-refractivity contribution >= 4 is 11.9 Å². The van der Waals surface area contributed by atoms with Crippen LogP contribution in [-0.2, 0) is 22.7 Å². The van der Waals surface area contributed by atoms with E-state index in [-0.39, 0.29) is 24.6 Å². The zero-order chi connectivity index (χ0) is 18.2. The van der Waals surface area contributed by atoms with Gasteiger partial charge in [0.1, 0.15) is 24.6 Å². The normalized spacial score (nSPS) is 10.2. The van der Waals surface area contributed by atoms with E-state index in [1.54, 1.807) is 6.07 Å². The predicted molar refractivity (Wildman–Crippen MR) is 95.4 cm³/mol. The van der Waals surface area contributed by atoms with Gasteiger partial charge >= 0.3 is 11.9 Å². The van der Waals surface area contributed by atoms with Crippen LogP contribution >= 0.6 is 0 Å². The molecule has 0 bridgehead atoms. The lowest BCUT2D eigenvalue weighted by atomic mass is 10.2. The van der Waals surface area contributed by atoms with Gasteiger partial charge in [-0.2, -0.15) is 0 Å². The van der Waals surface area contributed by atoms with E-state index >= 15 is 0 Å². The van der Waals surface area contributed by atoms with E-state index in [9.17, 15) is 9.59 Å². The molecule has 0 amide bonds. The zero-order valence-corrected chi connectivity index (χ0v) is 14.0. The van der Waals surface area contributed by atoms with E-state index < -0.39 is 11.9 Å².